The van der Waals surface area contributed by atoms with E-state index in [0.717, 1.165) is 47.2 Å². The molecule has 1 aromatic heterocycles. The number of pyridine rings is 1. The molecule has 1 fully saturated rings. The lowest BCUT2D eigenvalue weighted by molar-refractivity contribution is 0.245. The van der Waals surface area contributed by atoms with Crippen molar-refractivity contribution in [3.05, 3.63) is 52.3 Å². The lowest BCUT2D eigenvalue weighted by Crippen LogP contribution is -2.41. The van der Waals surface area contributed by atoms with Crippen molar-refractivity contribution in [2.75, 3.05) is 18.5 Å². The van der Waals surface area contributed by atoms with Crippen LogP contribution < -0.4 is 14.9 Å². The Balaban J connectivity index is 1.48. The highest BCUT2D eigenvalue weighted by Crippen LogP contribution is 2.49. The van der Waals surface area contributed by atoms with Crippen LogP contribution in [0.3, 0.4) is 0 Å². The summed E-state index contributed by atoms with van der Waals surface area (Å²) < 4.78 is 26.7. The molecule has 1 aromatic carbocycles. The smallest absolute Gasteiger partial charge is 0.322 e. The lowest BCUT2D eigenvalue weighted by atomic mass is 9.84. The predicted octanol–water partition coefficient (Wildman–Crippen LogP) is 3.29. The van der Waals surface area contributed by atoms with Crippen LogP contribution in [0.15, 0.2) is 45.9 Å². The van der Waals surface area contributed by atoms with E-state index >= 15 is 0 Å². The Bertz CT molecular complexity index is 1030. The third-order valence-electron chi connectivity index (χ3n) is 5.85. The molecule has 1 aliphatic carbocycles. The molecule has 7 nitrogen and oxygen atoms in total. The number of urea groups is 1. The van der Waals surface area contributed by atoms with Gasteiger partial charge in [-0.15, -0.1) is 0 Å². The molecule has 0 radical (unpaired) electrons. The van der Waals surface area contributed by atoms with Crippen LogP contribution in [0.5, 0.6) is 0 Å². The summed E-state index contributed by atoms with van der Waals surface area (Å²) in [6.07, 6.45) is 4.42. The molecule has 2 N–H and O–H groups in total. The van der Waals surface area contributed by atoms with Crippen molar-refractivity contribution in [1.82, 2.24) is 15.0 Å². The van der Waals surface area contributed by atoms with E-state index in [1.165, 1.54) is 19.2 Å². The number of rotatable bonds is 4. The van der Waals surface area contributed by atoms with Crippen molar-refractivity contribution in [2.24, 2.45) is 0 Å². The topological polar surface area (TPSA) is 91.4 Å². The van der Waals surface area contributed by atoms with E-state index in [1.54, 1.807) is 17.0 Å². The highest BCUT2D eigenvalue weighted by Gasteiger charge is 2.47. The Morgan fingerprint density at radius 3 is 2.52 bits per heavy atom. The normalized spacial score (nSPS) is 17.5. The molecule has 4 rings (SSSR count). The van der Waals surface area contributed by atoms with E-state index in [4.69, 9.17) is 4.98 Å². The van der Waals surface area contributed by atoms with Crippen LogP contribution in [0, 0.1) is 0 Å². The number of halogens is 1. The SMILES string of the molecule is CNS(=O)(=O)c1ccc(CNC(=O)N2CC3(CCCC3)c3nc(Br)ccc32)cc1. The van der Waals surface area contributed by atoms with Gasteiger partial charge in [0.25, 0.3) is 0 Å². The molecule has 1 aliphatic heterocycles. The summed E-state index contributed by atoms with van der Waals surface area (Å²) in [4.78, 5) is 19.7. The summed E-state index contributed by atoms with van der Waals surface area (Å²) in [6.45, 7) is 0.971. The van der Waals surface area contributed by atoms with Crippen molar-refractivity contribution in [3.8, 4) is 0 Å². The van der Waals surface area contributed by atoms with Gasteiger partial charge in [-0.05, 0) is 65.6 Å². The molecular formula is C20H23BrN4O3S. The van der Waals surface area contributed by atoms with Gasteiger partial charge in [-0.25, -0.2) is 22.9 Å². The second-order valence-corrected chi connectivity index (χ2v) is 10.3. The third-order valence-corrected chi connectivity index (χ3v) is 7.72. The third kappa shape index (κ3) is 3.78. The minimum atomic E-state index is -3.47. The van der Waals surface area contributed by atoms with Crippen molar-refractivity contribution >= 4 is 37.7 Å². The summed E-state index contributed by atoms with van der Waals surface area (Å²) in [7, 11) is -2.09. The zero-order chi connectivity index (χ0) is 20.6. The van der Waals surface area contributed by atoms with Crippen molar-refractivity contribution < 1.29 is 13.2 Å². The first-order chi connectivity index (χ1) is 13.8. The molecule has 2 amide bonds. The Labute approximate surface area is 179 Å². The van der Waals surface area contributed by atoms with Gasteiger partial charge in [0.15, 0.2) is 0 Å². The Morgan fingerprint density at radius 1 is 1.17 bits per heavy atom. The average molecular weight is 479 g/mol. The standard InChI is InChI=1S/C20H23BrN4O3S/c1-22-29(27,28)15-6-4-14(5-7-15)12-23-19(26)25-13-20(10-2-3-11-20)18-16(25)8-9-17(21)24-18/h4-9,22H,2-3,10-13H2,1H3,(H,23,26). The number of sulfonamides is 1. The number of amides is 2. The second kappa shape index (κ2) is 7.70. The monoisotopic (exact) mass is 478 g/mol. The van der Waals surface area contributed by atoms with E-state index in [1.807, 2.05) is 12.1 Å². The summed E-state index contributed by atoms with van der Waals surface area (Å²) in [5, 5.41) is 2.96. The molecule has 9 heteroatoms. The fourth-order valence-corrected chi connectivity index (χ4v) is 5.34. The van der Waals surface area contributed by atoms with Gasteiger partial charge < -0.3 is 5.32 Å². The number of carbonyl (C=O) groups excluding carboxylic acids is 1. The maximum absolute atomic E-state index is 12.9. The van der Waals surface area contributed by atoms with Crippen molar-refractivity contribution in [2.45, 2.75) is 42.5 Å². The molecule has 2 aliphatic rings. The Morgan fingerprint density at radius 2 is 1.86 bits per heavy atom. The second-order valence-electron chi connectivity index (χ2n) is 7.59. The molecule has 1 spiro atoms. The van der Waals surface area contributed by atoms with Gasteiger partial charge in [0, 0.05) is 18.5 Å². The molecule has 1 saturated carbocycles. The van der Waals surface area contributed by atoms with Crippen LogP contribution in [0.1, 0.15) is 36.9 Å². The molecule has 0 saturated heterocycles. The highest BCUT2D eigenvalue weighted by atomic mass is 79.9. The molecule has 0 unspecified atom stereocenters. The molecule has 2 heterocycles. The number of benzene rings is 1. The number of nitrogens with one attached hydrogen (secondary N) is 2. The predicted molar refractivity (Wildman–Crippen MR) is 114 cm³/mol. The molecule has 0 bridgehead atoms. The maximum atomic E-state index is 12.9. The number of hydrogen-bond donors (Lipinski definition) is 2. The van der Waals surface area contributed by atoms with Gasteiger partial charge in [-0.2, -0.15) is 0 Å². The van der Waals surface area contributed by atoms with Crippen molar-refractivity contribution in [1.29, 1.82) is 0 Å². The number of anilines is 1. The number of fused-ring (bicyclic) bond motifs is 2. The minimum absolute atomic E-state index is 0.0420. The molecule has 29 heavy (non-hydrogen) atoms. The first-order valence-corrected chi connectivity index (χ1v) is 11.9. The number of aromatic nitrogens is 1. The van der Waals surface area contributed by atoms with Gasteiger partial charge in [0.1, 0.15) is 4.60 Å². The summed E-state index contributed by atoms with van der Waals surface area (Å²) in [5.41, 5.74) is 2.68. The van der Waals surface area contributed by atoms with Crippen LogP contribution in [0.25, 0.3) is 0 Å². The van der Waals surface area contributed by atoms with Gasteiger partial charge in [0.2, 0.25) is 10.0 Å². The van der Waals surface area contributed by atoms with Gasteiger partial charge in [0.05, 0.1) is 16.3 Å². The average Bonchev–Trinajstić information content (AvgIpc) is 3.32. The van der Waals surface area contributed by atoms with Gasteiger partial charge >= 0.3 is 6.03 Å². The number of carbonyl (C=O) groups is 1. The maximum Gasteiger partial charge on any atom is 0.322 e. The Kier molecular flexibility index (Phi) is 5.39. The largest absolute Gasteiger partial charge is 0.334 e. The van der Waals surface area contributed by atoms with Crippen LogP contribution >= 0.6 is 15.9 Å². The van der Waals surface area contributed by atoms with E-state index in [0.29, 0.717) is 13.1 Å². The molecular weight excluding hydrogens is 456 g/mol. The zero-order valence-corrected chi connectivity index (χ0v) is 18.5. The highest BCUT2D eigenvalue weighted by molar-refractivity contribution is 9.10. The minimum Gasteiger partial charge on any atom is -0.334 e. The van der Waals surface area contributed by atoms with E-state index in [-0.39, 0.29) is 16.3 Å². The zero-order valence-electron chi connectivity index (χ0n) is 16.1. The Hall–Kier alpha value is -1.97. The van der Waals surface area contributed by atoms with Crippen LogP contribution in [-0.2, 0) is 22.0 Å². The fourth-order valence-electron chi connectivity index (χ4n) is 4.30. The summed E-state index contributed by atoms with van der Waals surface area (Å²) in [6, 6.07) is 10.1. The first kappa shape index (κ1) is 20.3. The van der Waals surface area contributed by atoms with Crippen molar-refractivity contribution in [3.63, 3.8) is 0 Å². The van der Waals surface area contributed by atoms with E-state index < -0.39 is 10.0 Å². The van der Waals surface area contributed by atoms with Gasteiger partial charge in [-0.1, -0.05) is 25.0 Å². The quantitative estimate of drug-likeness (QED) is 0.659. The number of nitrogens with zero attached hydrogens (tertiary/aromatic N) is 2. The lowest BCUT2D eigenvalue weighted by Gasteiger charge is -2.24. The summed E-state index contributed by atoms with van der Waals surface area (Å²) in [5.74, 6) is 0. The molecule has 154 valence electrons. The van der Waals surface area contributed by atoms with Crippen LogP contribution in [-0.4, -0.2) is 33.0 Å². The van der Waals surface area contributed by atoms with Gasteiger partial charge in [-0.3, -0.25) is 4.90 Å². The number of hydrogen-bond acceptors (Lipinski definition) is 4. The summed E-state index contributed by atoms with van der Waals surface area (Å²) >= 11 is 3.46. The molecule has 2 aromatic rings. The van der Waals surface area contributed by atoms with E-state index in [9.17, 15) is 13.2 Å². The first-order valence-electron chi connectivity index (χ1n) is 9.60. The fraction of sp³-hybridized carbons (Fsp3) is 0.400. The van der Waals surface area contributed by atoms with Crippen LogP contribution in [0.4, 0.5) is 10.5 Å². The molecule has 0 atom stereocenters. The van der Waals surface area contributed by atoms with E-state index in [2.05, 4.69) is 26.0 Å². The van der Waals surface area contributed by atoms with Crippen LogP contribution in [0.2, 0.25) is 0 Å².